The van der Waals surface area contributed by atoms with Gasteiger partial charge < -0.3 is 5.32 Å². The first-order valence-corrected chi connectivity index (χ1v) is 6.94. The van der Waals surface area contributed by atoms with E-state index in [1.807, 2.05) is 0 Å². The van der Waals surface area contributed by atoms with Crippen LogP contribution in [0.25, 0.3) is 0 Å². The predicted octanol–water partition coefficient (Wildman–Crippen LogP) is 3.90. The van der Waals surface area contributed by atoms with E-state index < -0.39 is 0 Å². The molecule has 1 aromatic rings. The van der Waals surface area contributed by atoms with Crippen molar-refractivity contribution in [2.75, 3.05) is 11.9 Å². The van der Waals surface area contributed by atoms with Crippen LogP contribution in [-0.4, -0.2) is 15.9 Å². The van der Waals surface area contributed by atoms with Crippen LogP contribution in [0, 0.1) is 5.92 Å². The van der Waals surface area contributed by atoms with Gasteiger partial charge in [0.1, 0.15) is 5.82 Å². The van der Waals surface area contributed by atoms with E-state index in [-0.39, 0.29) is 0 Å². The number of anilines is 1. The number of rotatable bonds is 7. The molecule has 0 unspecified atom stereocenters. The normalized spacial score (nSPS) is 11.4. The second-order valence-electron chi connectivity index (χ2n) is 4.93. The molecule has 0 aliphatic heterocycles. The van der Waals surface area contributed by atoms with E-state index in [1.165, 1.54) is 30.8 Å². The molecule has 1 rings (SSSR count). The van der Waals surface area contributed by atoms with Crippen molar-refractivity contribution in [3.8, 4) is 0 Å². The fourth-order valence-electron chi connectivity index (χ4n) is 1.41. The Kier molecular flexibility index (Phi) is 5.74. The van der Waals surface area contributed by atoms with Crippen LogP contribution in [0.1, 0.15) is 58.7 Å². The molecule has 0 aromatic carbocycles. The highest BCUT2D eigenvalue weighted by molar-refractivity contribution is 7.09. The molecule has 0 aliphatic carbocycles. The molecule has 0 aliphatic rings. The standard InChI is InChI=1S/C12H23N3S/c1-9(2)7-5-6-8-13-12-14-11(10(3)4)15-16-12/h9-10H,5-8H2,1-4H3,(H,13,14,15). The lowest BCUT2D eigenvalue weighted by molar-refractivity contribution is 0.545. The molecule has 0 spiro atoms. The Morgan fingerprint density at radius 3 is 2.50 bits per heavy atom. The lowest BCUT2D eigenvalue weighted by Crippen LogP contribution is -2.02. The Morgan fingerprint density at radius 1 is 1.19 bits per heavy atom. The molecule has 0 bridgehead atoms. The Balaban J connectivity index is 2.17. The molecule has 16 heavy (non-hydrogen) atoms. The number of aromatic nitrogens is 2. The molecular formula is C12H23N3S. The van der Waals surface area contributed by atoms with Gasteiger partial charge in [-0.15, -0.1) is 0 Å². The van der Waals surface area contributed by atoms with Crippen LogP contribution in [0.15, 0.2) is 0 Å². The van der Waals surface area contributed by atoms with Crippen LogP contribution < -0.4 is 5.32 Å². The number of hydrogen-bond acceptors (Lipinski definition) is 4. The van der Waals surface area contributed by atoms with Gasteiger partial charge in [0, 0.05) is 24.0 Å². The summed E-state index contributed by atoms with van der Waals surface area (Å²) in [6.45, 7) is 9.79. The maximum absolute atomic E-state index is 4.44. The average molecular weight is 241 g/mol. The van der Waals surface area contributed by atoms with E-state index in [4.69, 9.17) is 0 Å². The zero-order valence-electron chi connectivity index (χ0n) is 10.8. The van der Waals surface area contributed by atoms with Gasteiger partial charge in [-0.25, -0.2) is 4.98 Å². The molecule has 1 heterocycles. The van der Waals surface area contributed by atoms with Crippen LogP contribution in [0.4, 0.5) is 5.13 Å². The van der Waals surface area contributed by atoms with Crippen LogP contribution in [-0.2, 0) is 0 Å². The summed E-state index contributed by atoms with van der Waals surface area (Å²) < 4.78 is 4.31. The fraction of sp³-hybridized carbons (Fsp3) is 0.833. The third kappa shape index (κ3) is 4.92. The second kappa shape index (κ2) is 6.84. The highest BCUT2D eigenvalue weighted by Gasteiger charge is 2.06. The summed E-state index contributed by atoms with van der Waals surface area (Å²) in [6, 6.07) is 0. The highest BCUT2D eigenvalue weighted by atomic mass is 32.1. The van der Waals surface area contributed by atoms with Gasteiger partial charge in [-0.2, -0.15) is 4.37 Å². The second-order valence-corrected chi connectivity index (χ2v) is 5.68. The van der Waals surface area contributed by atoms with Gasteiger partial charge in [-0.05, 0) is 12.3 Å². The topological polar surface area (TPSA) is 37.8 Å². The Morgan fingerprint density at radius 2 is 1.94 bits per heavy atom. The molecule has 0 saturated heterocycles. The van der Waals surface area contributed by atoms with Crippen LogP contribution in [0.2, 0.25) is 0 Å². The molecule has 4 heteroatoms. The van der Waals surface area contributed by atoms with Crippen molar-refractivity contribution in [2.45, 2.75) is 52.9 Å². The largest absolute Gasteiger partial charge is 0.360 e. The Hall–Kier alpha value is -0.640. The smallest absolute Gasteiger partial charge is 0.202 e. The maximum atomic E-state index is 4.44. The van der Waals surface area contributed by atoms with Crippen LogP contribution in [0.3, 0.4) is 0 Å². The van der Waals surface area contributed by atoms with Crippen molar-refractivity contribution in [1.82, 2.24) is 9.36 Å². The quantitative estimate of drug-likeness (QED) is 0.736. The molecule has 0 saturated carbocycles. The van der Waals surface area contributed by atoms with Crippen LogP contribution in [0.5, 0.6) is 0 Å². The van der Waals surface area contributed by atoms with Gasteiger partial charge >= 0.3 is 0 Å². The van der Waals surface area contributed by atoms with E-state index in [0.29, 0.717) is 5.92 Å². The van der Waals surface area contributed by atoms with E-state index >= 15 is 0 Å². The number of hydrogen-bond donors (Lipinski definition) is 1. The Labute approximate surface area is 103 Å². The average Bonchev–Trinajstić information content (AvgIpc) is 2.65. The zero-order chi connectivity index (χ0) is 12.0. The fourth-order valence-corrected chi connectivity index (χ4v) is 2.15. The number of nitrogens with one attached hydrogen (secondary N) is 1. The van der Waals surface area contributed by atoms with Crippen LogP contribution >= 0.6 is 11.5 Å². The molecule has 3 nitrogen and oxygen atoms in total. The van der Waals surface area contributed by atoms with Gasteiger partial charge in [0.2, 0.25) is 5.13 Å². The minimum atomic E-state index is 0.424. The molecular weight excluding hydrogens is 218 g/mol. The summed E-state index contributed by atoms with van der Waals surface area (Å²) in [4.78, 5) is 4.44. The SMILES string of the molecule is CC(C)CCCCNc1nc(C(C)C)ns1. The van der Waals surface area contributed by atoms with Crippen molar-refractivity contribution in [3.05, 3.63) is 5.82 Å². The van der Waals surface area contributed by atoms with Crippen molar-refractivity contribution in [3.63, 3.8) is 0 Å². The molecule has 0 atom stereocenters. The van der Waals surface area contributed by atoms with Gasteiger partial charge in [-0.1, -0.05) is 40.5 Å². The van der Waals surface area contributed by atoms with E-state index in [1.54, 1.807) is 0 Å². The van der Waals surface area contributed by atoms with Gasteiger partial charge in [0.25, 0.3) is 0 Å². The summed E-state index contributed by atoms with van der Waals surface area (Å²) in [5.74, 6) is 2.19. The summed E-state index contributed by atoms with van der Waals surface area (Å²) in [6.07, 6.45) is 3.82. The molecule has 0 amide bonds. The van der Waals surface area contributed by atoms with Gasteiger partial charge in [-0.3, -0.25) is 0 Å². The maximum Gasteiger partial charge on any atom is 0.202 e. The predicted molar refractivity (Wildman–Crippen MR) is 71.2 cm³/mol. The molecule has 0 radical (unpaired) electrons. The number of nitrogens with zero attached hydrogens (tertiary/aromatic N) is 2. The zero-order valence-corrected chi connectivity index (χ0v) is 11.6. The van der Waals surface area contributed by atoms with E-state index in [9.17, 15) is 0 Å². The molecule has 1 N–H and O–H groups in total. The summed E-state index contributed by atoms with van der Waals surface area (Å²) in [7, 11) is 0. The highest BCUT2D eigenvalue weighted by Crippen LogP contribution is 2.17. The third-order valence-corrected chi connectivity index (χ3v) is 3.13. The van der Waals surface area contributed by atoms with Gasteiger partial charge in [0.15, 0.2) is 0 Å². The van der Waals surface area contributed by atoms with E-state index in [0.717, 1.165) is 23.4 Å². The first-order valence-electron chi connectivity index (χ1n) is 6.17. The molecule has 0 fully saturated rings. The monoisotopic (exact) mass is 241 g/mol. The van der Waals surface area contributed by atoms with Crippen molar-refractivity contribution >= 4 is 16.7 Å². The van der Waals surface area contributed by atoms with E-state index in [2.05, 4.69) is 42.4 Å². The lowest BCUT2D eigenvalue weighted by atomic mass is 10.1. The lowest BCUT2D eigenvalue weighted by Gasteiger charge is -2.04. The van der Waals surface area contributed by atoms with Gasteiger partial charge in [0.05, 0.1) is 0 Å². The van der Waals surface area contributed by atoms with Crippen molar-refractivity contribution in [2.24, 2.45) is 5.92 Å². The Bertz CT molecular complexity index is 294. The molecule has 1 aromatic heterocycles. The minimum Gasteiger partial charge on any atom is -0.360 e. The third-order valence-electron chi connectivity index (χ3n) is 2.44. The summed E-state index contributed by atoms with van der Waals surface area (Å²) in [5.41, 5.74) is 0. The first kappa shape index (κ1) is 13.4. The minimum absolute atomic E-state index is 0.424. The first-order chi connectivity index (χ1) is 7.59. The summed E-state index contributed by atoms with van der Waals surface area (Å²) in [5, 5.41) is 4.30. The number of unbranched alkanes of at least 4 members (excludes halogenated alkanes) is 1. The summed E-state index contributed by atoms with van der Waals surface area (Å²) >= 11 is 1.47. The molecule has 92 valence electrons. The van der Waals surface area contributed by atoms with Crippen molar-refractivity contribution in [1.29, 1.82) is 0 Å². The van der Waals surface area contributed by atoms with Crippen molar-refractivity contribution < 1.29 is 0 Å².